The van der Waals surface area contributed by atoms with E-state index >= 15 is 0 Å². The Morgan fingerprint density at radius 3 is 1.35 bits per heavy atom. The van der Waals surface area contributed by atoms with Crippen molar-refractivity contribution in [2.75, 3.05) is 13.1 Å². The molecule has 1 heterocycles. The van der Waals surface area contributed by atoms with Gasteiger partial charge in [-0.1, -0.05) is 57.8 Å². The predicted molar refractivity (Wildman–Crippen MR) is 75.3 cm³/mol. The summed E-state index contributed by atoms with van der Waals surface area (Å²) in [5.41, 5.74) is 0.741. The van der Waals surface area contributed by atoms with Crippen LogP contribution in [0.4, 0.5) is 0 Å². The Labute approximate surface area is 108 Å². The van der Waals surface area contributed by atoms with E-state index in [-0.39, 0.29) is 0 Å². The van der Waals surface area contributed by atoms with Crippen molar-refractivity contribution in [3.05, 3.63) is 0 Å². The lowest BCUT2D eigenvalue weighted by molar-refractivity contribution is 0.156. The molecule has 0 aromatic heterocycles. The summed E-state index contributed by atoms with van der Waals surface area (Å²) in [6.07, 6.45) is 19.4. The van der Waals surface area contributed by atoms with E-state index < -0.39 is 0 Å². The largest absolute Gasteiger partial charge is 0.317 e. The molecular weight excluding hydrogens is 206 g/mol. The summed E-state index contributed by atoms with van der Waals surface area (Å²) in [7, 11) is 0. The minimum absolute atomic E-state index is 0.741. The number of rotatable bonds is 0. The van der Waals surface area contributed by atoms with Gasteiger partial charge in [-0.2, -0.15) is 0 Å². The SMILES string of the molecule is C1CCCCCC2(CCCCC1)CCNCC2. The molecule has 1 spiro atoms. The van der Waals surface area contributed by atoms with E-state index in [2.05, 4.69) is 5.32 Å². The Morgan fingerprint density at radius 2 is 0.882 bits per heavy atom. The van der Waals surface area contributed by atoms with E-state index in [1.54, 1.807) is 0 Å². The van der Waals surface area contributed by atoms with Gasteiger partial charge in [0.25, 0.3) is 0 Å². The highest BCUT2D eigenvalue weighted by Gasteiger charge is 2.30. The normalized spacial score (nSPS) is 28.2. The lowest BCUT2D eigenvalue weighted by atomic mass is 9.71. The van der Waals surface area contributed by atoms with E-state index in [1.807, 2.05) is 0 Å². The Kier molecular flexibility index (Phi) is 5.84. The molecule has 1 heteroatoms. The molecule has 0 aromatic rings. The van der Waals surface area contributed by atoms with Crippen LogP contribution in [0.2, 0.25) is 0 Å². The van der Waals surface area contributed by atoms with Crippen LogP contribution in [0.25, 0.3) is 0 Å². The molecule has 1 saturated carbocycles. The van der Waals surface area contributed by atoms with Gasteiger partial charge in [0.05, 0.1) is 0 Å². The molecule has 2 rings (SSSR count). The molecule has 0 radical (unpaired) electrons. The molecule has 17 heavy (non-hydrogen) atoms. The molecule has 100 valence electrons. The first kappa shape index (κ1) is 13.4. The third kappa shape index (κ3) is 4.62. The van der Waals surface area contributed by atoms with Gasteiger partial charge in [0.2, 0.25) is 0 Å². The van der Waals surface area contributed by atoms with Crippen LogP contribution in [-0.4, -0.2) is 13.1 Å². The topological polar surface area (TPSA) is 12.0 Å². The molecule has 2 aliphatic rings. The summed E-state index contributed by atoms with van der Waals surface area (Å²) in [5.74, 6) is 0. The van der Waals surface area contributed by atoms with Gasteiger partial charge >= 0.3 is 0 Å². The molecular formula is C16H31N. The predicted octanol–water partition coefficient (Wildman–Crippen LogP) is 4.66. The van der Waals surface area contributed by atoms with Crippen molar-refractivity contribution in [1.82, 2.24) is 5.32 Å². The van der Waals surface area contributed by atoms with E-state index in [9.17, 15) is 0 Å². The molecule has 1 N–H and O–H groups in total. The molecule has 1 saturated heterocycles. The number of nitrogens with one attached hydrogen (secondary N) is 1. The van der Waals surface area contributed by atoms with Gasteiger partial charge in [-0.05, 0) is 44.2 Å². The Hall–Kier alpha value is -0.0400. The zero-order valence-electron chi connectivity index (χ0n) is 11.6. The van der Waals surface area contributed by atoms with Crippen molar-refractivity contribution in [2.45, 2.75) is 83.5 Å². The Balaban J connectivity index is 1.83. The van der Waals surface area contributed by atoms with E-state index in [0.29, 0.717) is 0 Å². The maximum absolute atomic E-state index is 3.54. The second-order valence-corrected chi connectivity index (χ2v) is 6.43. The van der Waals surface area contributed by atoms with Crippen molar-refractivity contribution in [3.63, 3.8) is 0 Å². The molecule has 1 aliphatic carbocycles. The van der Waals surface area contributed by atoms with Crippen LogP contribution < -0.4 is 5.32 Å². The maximum atomic E-state index is 3.54. The zero-order chi connectivity index (χ0) is 11.8. The van der Waals surface area contributed by atoms with Crippen LogP contribution in [0.1, 0.15) is 83.5 Å². The van der Waals surface area contributed by atoms with Crippen molar-refractivity contribution in [2.24, 2.45) is 5.41 Å². The third-order valence-electron chi connectivity index (χ3n) is 5.08. The highest BCUT2D eigenvalue weighted by atomic mass is 14.9. The number of hydrogen-bond donors (Lipinski definition) is 1. The standard InChI is InChI=1S/C16H31N/c1-2-4-6-8-10-16(11-9-7-5-3-1)12-14-17-15-13-16/h17H,1-15H2. The molecule has 0 aromatic carbocycles. The second-order valence-electron chi connectivity index (χ2n) is 6.43. The summed E-state index contributed by atoms with van der Waals surface area (Å²) in [6, 6.07) is 0. The highest BCUT2D eigenvalue weighted by Crippen LogP contribution is 2.40. The lowest BCUT2D eigenvalue weighted by Crippen LogP contribution is -2.36. The van der Waals surface area contributed by atoms with Gasteiger partial charge in [0.1, 0.15) is 0 Å². The number of hydrogen-bond acceptors (Lipinski definition) is 1. The molecule has 0 bridgehead atoms. The molecule has 0 amide bonds. The highest BCUT2D eigenvalue weighted by molar-refractivity contribution is 4.84. The van der Waals surface area contributed by atoms with Crippen LogP contribution >= 0.6 is 0 Å². The molecule has 2 fully saturated rings. The van der Waals surface area contributed by atoms with Gasteiger partial charge in [-0.3, -0.25) is 0 Å². The fraction of sp³-hybridized carbons (Fsp3) is 1.00. The van der Waals surface area contributed by atoms with Crippen LogP contribution in [0.3, 0.4) is 0 Å². The Bertz CT molecular complexity index is 180. The van der Waals surface area contributed by atoms with Crippen molar-refractivity contribution in [1.29, 1.82) is 0 Å². The summed E-state index contributed by atoms with van der Waals surface area (Å²) in [6.45, 7) is 2.56. The molecule has 0 unspecified atom stereocenters. The van der Waals surface area contributed by atoms with Gasteiger partial charge in [0.15, 0.2) is 0 Å². The van der Waals surface area contributed by atoms with Crippen molar-refractivity contribution >= 4 is 0 Å². The fourth-order valence-corrected chi connectivity index (χ4v) is 3.82. The second kappa shape index (κ2) is 7.41. The average molecular weight is 237 g/mol. The van der Waals surface area contributed by atoms with Gasteiger partial charge in [-0.15, -0.1) is 0 Å². The van der Waals surface area contributed by atoms with E-state index in [1.165, 1.54) is 96.6 Å². The van der Waals surface area contributed by atoms with E-state index in [0.717, 1.165) is 5.41 Å². The Morgan fingerprint density at radius 1 is 0.471 bits per heavy atom. The van der Waals surface area contributed by atoms with Crippen LogP contribution in [-0.2, 0) is 0 Å². The van der Waals surface area contributed by atoms with Crippen molar-refractivity contribution in [3.8, 4) is 0 Å². The summed E-state index contributed by atoms with van der Waals surface area (Å²) < 4.78 is 0. The average Bonchev–Trinajstić information content (AvgIpc) is 2.35. The summed E-state index contributed by atoms with van der Waals surface area (Å²) >= 11 is 0. The maximum Gasteiger partial charge on any atom is -0.00436 e. The van der Waals surface area contributed by atoms with Gasteiger partial charge in [0, 0.05) is 0 Å². The minimum Gasteiger partial charge on any atom is -0.317 e. The van der Waals surface area contributed by atoms with Crippen LogP contribution in [0.5, 0.6) is 0 Å². The first-order chi connectivity index (χ1) is 8.41. The third-order valence-corrected chi connectivity index (χ3v) is 5.08. The minimum atomic E-state index is 0.741. The quantitative estimate of drug-likeness (QED) is 0.646. The van der Waals surface area contributed by atoms with E-state index in [4.69, 9.17) is 0 Å². The van der Waals surface area contributed by atoms with Crippen LogP contribution in [0.15, 0.2) is 0 Å². The molecule has 1 aliphatic heterocycles. The number of piperidine rings is 1. The summed E-state index contributed by atoms with van der Waals surface area (Å²) in [5, 5.41) is 3.54. The lowest BCUT2D eigenvalue weighted by Gasteiger charge is -2.38. The summed E-state index contributed by atoms with van der Waals surface area (Å²) in [4.78, 5) is 0. The first-order valence-corrected chi connectivity index (χ1v) is 8.12. The van der Waals surface area contributed by atoms with Gasteiger partial charge < -0.3 is 5.32 Å². The monoisotopic (exact) mass is 237 g/mol. The smallest absolute Gasteiger partial charge is 0.00436 e. The molecule has 0 atom stereocenters. The van der Waals surface area contributed by atoms with Gasteiger partial charge in [-0.25, -0.2) is 0 Å². The van der Waals surface area contributed by atoms with Crippen molar-refractivity contribution < 1.29 is 0 Å². The van der Waals surface area contributed by atoms with Crippen LogP contribution in [0, 0.1) is 5.41 Å². The molecule has 1 nitrogen and oxygen atoms in total. The zero-order valence-corrected chi connectivity index (χ0v) is 11.6. The fourth-order valence-electron chi connectivity index (χ4n) is 3.82. The first-order valence-electron chi connectivity index (χ1n) is 8.12.